The second-order valence-electron chi connectivity index (χ2n) is 7.31. The number of nitrogens with zero attached hydrogens (tertiary/aromatic N) is 3. The summed E-state index contributed by atoms with van der Waals surface area (Å²) in [5, 5.41) is 9.90. The average molecular weight is 439 g/mol. The topological polar surface area (TPSA) is 120 Å². The maximum absolute atomic E-state index is 12.9. The minimum atomic E-state index is -4.52. The van der Waals surface area contributed by atoms with E-state index in [1.165, 1.54) is 34.2 Å². The summed E-state index contributed by atoms with van der Waals surface area (Å²) in [6.07, 6.45) is -2.29. The van der Waals surface area contributed by atoms with Crippen LogP contribution in [0.5, 0.6) is 0 Å². The first-order valence-corrected chi connectivity index (χ1v) is 9.64. The molecule has 3 heterocycles. The van der Waals surface area contributed by atoms with E-state index in [4.69, 9.17) is 11.5 Å². The van der Waals surface area contributed by atoms with Crippen molar-refractivity contribution >= 4 is 17.2 Å². The molecule has 0 spiro atoms. The van der Waals surface area contributed by atoms with Gasteiger partial charge in [0.1, 0.15) is 16.7 Å². The maximum atomic E-state index is 12.9. The highest BCUT2D eigenvalue weighted by atomic mass is 32.1. The van der Waals surface area contributed by atoms with Crippen molar-refractivity contribution in [3.05, 3.63) is 57.8 Å². The average Bonchev–Trinajstić information content (AvgIpc) is 3.28. The Hall–Kier alpha value is -2.76. The number of halogens is 3. The molecule has 3 rings (SSSR count). The smallest absolute Gasteiger partial charge is 0.391 e. The van der Waals surface area contributed by atoms with Gasteiger partial charge in [-0.3, -0.25) is 9.78 Å². The molecular formula is C19H20F3N5O2S. The number of pyridine rings is 1. The monoisotopic (exact) mass is 439 g/mol. The van der Waals surface area contributed by atoms with Crippen LogP contribution in [0.15, 0.2) is 36.7 Å². The van der Waals surface area contributed by atoms with Crippen LogP contribution in [-0.2, 0) is 12.8 Å². The van der Waals surface area contributed by atoms with Gasteiger partial charge in [0.2, 0.25) is 0 Å². The summed E-state index contributed by atoms with van der Waals surface area (Å²) >= 11 is 1.21. The van der Waals surface area contributed by atoms with Crippen molar-refractivity contribution in [3.8, 4) is 11.4 Å². The minimum absolute atomic E-state index is 0.107. The Morgan fingerprint density at radius 3 is 2.37 bits per heavy atom. The van der Waals surface area contributed by atoms with Crippen molar-refractivity contribution < 1.29 is 23.1 Å². The van der Waals surface area contributed by atoms with Crippen LogP contribution in [0.25, 0.3) is 11.4 Å². The number of amides is 1. The van der Waals surface area contributed by atoms with E-state index in [-0.39, 0.29) is 18.0 Å². The van der Waals surface area contributed by atoms with Gasteiger partial charge < -0.3 is 21.1 Å². The van der Waals surface area contributed by atoms with Crippen LogP contribution in [-0.4, -0.2) is 31.1 Å². The third-order valence-electron chi connectivity index (χ3n) is 4.45. The maximum Gasteiger partial charge on any atom is 0.417 e. The molecule has 0 fully saturated rings. The van der Waals surface area contributed by atoms with Gasteiger partial charge in [0.25, 0.3) is 5.91 Å². The first-order chi connectivity index (χ1) is 13.9. The summed E-state index contributed by atoms with van der Waals surface area (Å²) in [4.78, 5) is 21.0. The number of aliphatic hydroxyl groups is 1. The lowest BCUT2D eigenvalue weighted by molar-refractivity contribution is -0.137. The van der Waals surface area contributed by atoms with E-state index in [0.29, 0.717) is 15.6 Å². The molecule has 0 saturated heterocycles. The Bertz CT molecular complexity index is 1050. The fraction of sp³-hybridized carbons (Fsp3) is 0.316. The number of carbonyl (C=O) groups is 1. The first kappa shape index (κ1) is 21.9. The van der Waals surface area contributed by atoms with Gasteiger partial charge in [-0.1, -0.05) is 0 Å². The fourth-order valence-electron chi connectivity index (χ4n) is 3.13. The van der Waals surface area contributed by atoms with Gasteiger partial charge in [0.05, 0.1) is 28.4 Å². The molecule has 7 nitrogen and oxygen atoms in total. The van der Waals surface area contributed by atoms with Crippen LogP contribution in [0.1, 0.15) is 45.8 Å². The number of primary amides is 1. The van der Waals surface area contributed by atoms with Gasteiger partial charge >= 0.3 is 6.18 Å². The third kappa shape index (κ3) is 4.23. The van der Waals surface area contributed by atoms with Gasteiger partial charge in [0.15, 0.2) is 0 Å². The standard InChI is InChI=1S/C19H20F3N5O2S/c1-18(2,24)15(17-26-8-11(9-28)30-17)27-13(5-6-14(27)16(23)29)12-4-3-10(7-25-12)19(20,21)22/h3-8,15,28H,9,24H2,1-2H3,(H2,23,29). The summed E-state index contributed by atoms with van der Waals surface area (Å²) in [6.45, 7) is 3.25. The van der Waals surface area contributed by atoms with Crippen molar-refractivity contribution in [2.75, 3.05) is 0 Å². The van der Waals surface area contributed by atoms with Crippen molar-refractivity contribution in [3.63, 3.8) is 0 Å². The Kier molecular flexibility index (Phi) is 5.72. The van der Waals surface area contributed by atoms with Crippen LogP contribution in [0, 0.1) is 0 Å². The number of hydrogen-bond acceptors (Lipinski definition) is 6. The summed E-state index contributed by atoms with van der Waals surface area (Å²) < 4.78 is 40.2. The molecule has 0 radical (unpaired) electrons. The molecule has 0 saturated carbocycles. The van der Waals surface area contributed by atoms with Gasteiger partial charge in [-0.2, -0.15) is 13.2 Å². The highest BCUT2D eigenvalue weighted by Gasteiger charge is 2.36. The Balaban J connectivity index is 2.21. The van der Waals surface area contributed by atoms with Gasteiger partial charge in [-0.05, 0) is 38.1 Å². The molecule has 30 heavy (non-hydrogen) atoms. The lowest BCUT2D eigenvalue weighted by Gasteiger charge is -2.33. The number of aromatic nitrogens is 3. The molecule has 0 aliphatic carbocycles. The Labute approximate surface area is 174 Å². The predicted molar refractivity (Wildman–Crippen MR) is 106 cm³/mol. The van der Waals surface area contributed by atoms with Gasteiger partial charge in [0, 0.05) is 17.9 Å². The fourth-order valence-corrected chi connectivity index (χ4v) is 4.20. The highest BCUT2D eigenvalue weighted by Crippen LogP contribution is 2.37. The SMILES string of the molecule is CC(C)(N)C(c1ncc(CO)s1)n1c(C(N)=O)ccc1-c1ccc(C(F)(F)F)cn1. The number of aliphatic hydroxyl groups excluding tert-OH is 1. The normalized spacial score (nSPS) is 13.4. The predicted octanol–water partition coefficient (Wildman–Crippen LogP) is 2.94. The highest BCUT2D eigenvalue weighted by molar-refractivity contribution is 7.11. The lowest BCUT2D eigenvalue weighted by atomic mass is 9.95. The summed E-state index contributed by atoms with van der Waals surface area (Å²) in [5.41, 5.74) is 10.8. The summed E-state index contributed by atoms with van der Waals surface area (Å²) in [6, 6.07) is 4.46. The molecule has 11 heteroatoms. The number of rotatable bonds is 6. The van der Waals surface area contributed by atoms with Crippen molar-refractivity contribution in [1.82, 2.24) is 14.5 Å². The second kappa shape index (κ2) is 7.82. The van der Waals surface area contributed by atoms with Crippen molar-refractivity contribution in [2.45, 2.75) is 38.2 Å². The van der Waals surface area contributed by atoms with E-state index in [9.17, 15) is 23.1 Å². The van der Waals surface area contributed by atoms with Crippen LogP contribution in [0.3, 0.4) is 0 Å². The first-order valence-electron chi connectivity index (χ1n) is 8.82. The van der Waals surface area contributed by atoms with Crippen LogP contribution < -0.4 is 11.5 Å². The number of nitrogens with two attached hydrogens (primary N) is 2. The van der Waals surface area contributed by atoms with E-state index in [0.717, 1.165) is 12.3 Å². The Morgan fingerprint density at radius 2 is 1.90 bits per heavy atom. The van der Waals surface area contributed by atoms with Crippen LogP contribution in [0.4, 0.5) is 13.2 Å². The number of hydrogen-bond donors (Lipinski definition) is 3. The molecule has 160 valence electrons. The number of thiazole rings is 1. The zero-order valence-corrected chi connectivity index (χ0v) is 17.0. The van der Waals surface area contributed by atoms with Gasteiger partial charge in [-0.15, -0.1) is 11.3 Å². The molecule has 0 bridgehead atoms. The van der Waals surface area contributed by atoms with E-state index in [1.807, 2.05) is 0 Å². The van der Waals surface area contributed by atoms with Gasteiger partial charge in [-0.25, -0.2) is 4.98 Å². The largest absolute Gasteiger partial charge is 0.417 e. The third-order valence-corrected chi connectivity index (χ3v) is 5.48. The van der Waals surface area contributed by atoms with Crippen LogP contribution >= 0.6 is 11.3 Å². The number of alkyl halides is 3. The molecule has 3 aromatic heterocycles. The second-order valence-corrected chi connectivity index (χ2v) is 8.46. The molecule has 1 atom stereocenters. The quantitative estimate of drug-likeness (QED) is 0.545. The summed E-state index contributed by atoms with van der Waals surface area (Å²) in [7, 11) is 0. The lowest BCUT2D eigenvalue weighted by Crippen LogP contribution is -2.44. The van der Waals surface area contributed by atoms with E-state index >= 15 is 0 Å². The summed E-state index contributed by atoms with van der Waals surface area (Å²) in [5.74, 6) is -0.735. The molecule has 0 aliphatic heterocycles. The van der Waals surface area contributed by atoms with Crippen molar-refractivity contribution in [2.24, 2.45) is 11.5 Å². The van der Waals surface area contributed by atoms with Crippen LogP contribution in [0.2, 0.25) is 0 Å². The molecular weight excluding hydrogens is 419 g/mol. The molecule has 0 aromatic carbocycles. The molecule has 1 amide bonds. The molecule has 1 unspecified atom stereocenters. The van der Waals surface area contributed by atoms with Crippen molar-refractivity contribution in [1.29, 1.82) is 0 Å². The zero-order chi connectivity index (χ0) is 22.3. The molecule has 5 N–H and O–H groups in total. The zero-order valence-electron chi connectivity index (χ0n) is 16.1. The van der Waals surface area contributed by atoms with E-state index in [2.05, 4.69) is 9.97 Å². The molecule has 0 aliphatic rings. The Morgan fingerprint density at radius 1 is 1.20 bits per heavy atom. The minimum Gasteiger partial charge on any atom is -0.391 e. The van der Waals surface area contributed by atoms with E-state index < -0.39 is 29.2 Å². The molecule has 3 aromatic rings. The number of carbonyl (C=O) groups excluding carboxylic acids is 1. The van der Waals surface area contributed by atoms with E-state index in [1.54, 1.807) is 19.9 Å².